The number of hydrogen-bond donors (Lipinski definition) is 0. The second-order valence-electron chi connectivity index (χ2n) is 5.11. The fraction of sp³-hybridized carbons (Fsp3) is 0.438. The van der Waals surface area contributed by atoms with Crippen molar-refractivity contribution >= 4 is 17.6 Å². The van der Waals surface area contributed by atoms with Crippen molar-refractivity contribution in [2.45, 2.75) is 24.9 Å². The van der Waals surface area contributed by atoms with E-state index in [1.54, 1.807) is 11.8 Å². The van der Waals surface area contributed by atoms with Crippen LogP contribution in [0.5, 0.6) is 5.88 Å². The molecule has 0 aromatic carbocycles. The van der Waals surface area contributed by atoms with E-state index in [9.17, 15) is 0 Å². The number of ether oxygens (including phenoxy) is 1. The van der Waals surface area contributed by atoms with Crippen molar-refractivity contribution in [2.24, 2.45) is 0 Å². The van der Waals surface area contributed by atoms with Crippen LogP contribution >= 0.6 is 11.8 Å². The highest BCUT2D eigenvalue weighted by atomic mass is 32.2. The molecular formula is C16H20N4OS. The van der Waals surface area contributed by atoms with Gasteiger partial charge in [0.15, 0.2) is 5.16 Å². The molecule has 1 aliphatic heterocycles. The third-order valence-electron chi connectivity index (χ3n) is 3.63. The molecule has 1 fully saturated rings. The molecule has 2 aromatic heterocycles. The molecule has 2 aromatic rings. The number of aromatic nitrogens is 3. The number of thioether (sulfide) groups is 1. The summed E-state index contributed by atoms with van der Waals surface area (Å²) in [6.07, 6.45) is 6.28. The second kappa shape index (κ2) is 6.96. The Hall–Kier alpha value is -1.82. The highest BCUT2D eigenvalue weighted by molar-refractivity contribution is 7.98. The van der Waals surface area contributed by atoms with E-state index >= 15 is 0 Å². The molecule has 22 heavy (non-hydrogen) atoms. The lowest BCUT2D eigenvalue weighted by atomic mass is 10.2. The number of hydrogen-bond acceptors (Lipinski definition) is 6. The highest BCUT2D eigenvalue weighted by Gasteiger charge is 2.16. The van der Waals surface area contributed by atoms with E-state index in [1.807, 2.05) is 31.5 Å². The standard InChI is InChI=1S/C16H20N4OS/c1-3-21-15-7-6-12(11-17-15)13-10-14(19-16(18-13)22-2)20-8-4-5-9-20/h6-7,10-11H,3-5,8-9H2,1-2H3. The third kappa shape index (κ3) is 3.32. The lowest BCUT2D eigenvalue weighted by molar-refractivity contribution is 0.327. The first kappa shape index (κ1) is 15.1. The molecule has 0 atom stereocenters. The number of anilines is 1. The summed E-state index contributed by atoms with van der Waals surface area (Å²) < 4.78 is 5.39. The number of nitrogens with zero attached hydrogens (tertiary/aromatic N) is 4. The summed E-state index contributed by atoms with van der Waals surface area (Å²) in [5.41, 5.74) is 1.90. The third-order valence-corrected chi connectivity index (χ3v) is 4.18. The first-order valence-electron chi connectivity index (χ1n) is 7.57. The fourth-order valence-electron chi connectivity index (χ4n) is 2.53. The van der Waals surface area contributed by atoms with Crippen LogP contribution in [-0.4, -0.2) is 40.9 Å². The maximum absolute atomic E-state index is 5.39. The van der Waals surface area contributed by atoms with Crippen LogP contribution < -0.4 is 9.64 Å². The molecule has 0 spiro atoms. The molecule has 0 saturated carbocycles. The van der Waals surface area contributed by atoms with Gasteiger partial charge in [0.05, 0.1) is 12.3 Å². The van der Waals surface area contributed by atoms with Gasteiger partial charge in [0.25, 0.3) is 0 Å². The molecule has 0 N–H and O–H groups in total. The van der Waals surface area contributed by atoms with Gasteiger partial charge in [-0.1, -0.05) is 11.8 Å². The molecule has 0 radical (unpaired) electrons. The Bertz CT molecular complexity index is 627. The first-order chi connectivity index (χ1) is 10.8. The Morgan fingerprint density at radius 3 is 2.68 bits per heavy atom. The molecule has 1 aliphatic rings. The average Bonchev–Trinajstić information content (AvgIpc) is 3.10. The van der Waals surface area contributed by atoms with Crippen LogP contribution in [0.1, 0.15) is 19.8 Å². The van der Waals surface area contributed by atoms with Crippen molar-refractivity contribution in [1.82, 2.24) is 15.0 Å². The van der Waals surface area contributed by atoms with Gasteiger partial charge in [-0.3, -0.25) is 0 Å². The normalized spacial score (nSPS) is 14.4. The molecule has 3 heterocycles. The zero-order valence-electron chi connectivity index (χ0n) is 13.0. The zero-order chi connectivity index (χ0) is 15.4. The molecule has 0 amide bonds. The predicted octanol–water partition coefficient (Wildman–Crippen LogP) is 3.26. The molecule has 0 bridgehead atoms. The van der Waals surface area contributed by atoms with Gasteiger partial charge in [0.1, 0.15) is 5.82 Å². The second-order valence-corrected chi connectivity index (χ2v) is 5.88. The summed E-state index contributed by atoms with van der Waals surface area (Å²) in [5, 5.41) is 0.799. The van der Waals surface area contributed by atoms with Crippen LogP contribution in [0.3, 0.4) is 0 Å². The Morgan fingerprint density at radius 1 is 1.23 bits per heavy atom. The summed E-state index contributed by atoms with van der Waals surface area (Å²) in [5.74, 6) is 1.66. The van der Waals surface area contributed by atoms with E-state index in [-0.39, 0.29) is 0 Å². The summed E-state index contributed by atoms with van der Waals surface area (Å²) in [7, 11) is 0. The maximum Gasteiger partial charge on any atom is 0.213 e. The Kier molecular flexibility index (Phi) is 4.77. The van der Waals surface area contributed by atoms with Gasteiger partial charge in [-0.25, -0.2) is 15.0 Å². The van der Waals surface area contributed by atoms with Crippen LogP contribution in [0.25, 0.3) is 11.3 Å². The molecule has 5 nitrogen and oxygen atoms in total. The summed E-state index contributed by atoms with van der Waals surface area (Å²) in [6.45, 7) is 4.72. The molecule has 0 aliphatic carbocycles. The first-order valence-corrected chi connectivity index (χ1v) is 8.80. The van der Waals surface area contributed by atoms with E-state index in [4.69, 9.17) is 4.74 Å². The molecule has 116 valence electrons. The van der Waals surface area contributed by atoms with Crippen molar-refractivity contribution in [3.8, 4) is 17.1 Å². The predicted molar refractivity (Wildman–Crippen MR) is 89.7 cm³/mol. The van der Waals surface area contributed by atoms with E-state index in [2.05, 4.69) is 25.9 Å². The molecular weight excluding hydrogens is 296 g/mol. The minimum atomic E-state index is 0.621. The van der Waals surface area contributed by atoms with E-state index in [0.717, 1.165) is 35.3 Å². The Balaban J connectivity index is 1.92. The van der Waals surface area contributed by atoms with Gasteiger partial charge < -0.3 is 9.64 Å². The minimum Gasteiger partial charge on any atom is -0.478 e. The highest BCUT2D eigenvalue weighted by Crippen LogP contribution is 2.27. The number of pyridine rings is 1. The van der Waals surface area contributed by atoms with E-state index in [1.165, 1.54) is 12.8 Å². The monoisotopic (exact) mass is 316 g/mol. The molecule has 1 saturated heterocycles. The SMILES string of the molecule is CCOc1ccc(-c2cc(N3CCCC3)nc(SC)n2)cn1. The van der Waals surface area contributed by atoms with Crippen LogP contribution in [0.4, 0.5) is 5.82 Å². The maximum atomic E-state index is 5.39. The Morgan fingerprint density at radius 2 is 2.05 bits per heavy atom. The van der Waals surface area contributed by atoms with Crippen LogP contribution in [-0.2, 0) is 0 Å². The molecule has 6 heteroatoms. The topological polar surface area (TPSA) is 51.1 Å². The molecule has 0 unspecified atom stereocenters. The quantitative estimate of drug-likeness (QED) is 0.623. The summed E-state index contributed by atoms with van der Waals surface area (Å²) >= 11 is 1.57. The molecule has 3 rings (SSSR count). The van der Waals surface area contributed by atoms with Crippen molar-refractivity contribution < 1.29 is 4.74 Å². The van der Waals surface area contributed by atoms with E-state index < -0.39 is 0 Å². The minimum absolute atomic E-state index is 0.621. The van der Waals surface area contributed by atoms with Gasteiger partial charge in [-0.05, 0) is 32.1 Å². The van der Waals surface area contributed by atoms with Crippen molar-refractivity contribution in [3.05, 3.63) is 24.4 Å². The van der Waals surface area contributed by atoms with Gasteiger partial charge in [-0.15, -0.1) is 0 Å². The van der Waals surface area contributed by atoms with E-state index in [0.29, 0.717) is 12.5 Å². The lowest BCUT2D eigenvalue weighted by Crippen LogP contribution is -2.19. The summed E-state index contributed by atoms with van der Waals surface area (Å²) in [6, 6.07) is 5.94. The van der Waals surface area contributed by atoms with Crippen molar-refractivity contribution in [3.63, 3.8) is 0 Å². The van der Waals surface area contributed by atoms with Gasteiger partial charge in [0, 0.05) is 37.0 Å². The van der Waals surface area contributed by atoms with Crippen molar-refractivity contribution in [1.29, 1.82) is 0 Å². The Labute approximate surface area is 135 Å². The van der Waals surface area contributed by atoms with Gasteiger partial charge in [0.2, 0.25) is 5.88 Å². The average molecular weight is 316 g/mol. The zero-order valence-corrected chi connectivity index (χ0v) is 13.8. The largest absolute Gasteiger partial charge is 0.478 e. The van der Waals surface area contributed by atoms with Gasteiger partial charge >= 0.3 is 0 Å². The number of rotatable bonds is 5. The smallest absolute Gasteiger partial charge is 0.213 e. The van der Waals surface area contributed by atoms with Crippen LogP contribution in [0, 0.1) is 0 Å². The fourth-order valence-corrected chi connectivity index (χ4v) is 2.90. The van der Waals surface area contributed by atoms with Gasteiger partial charge in [-0.2, -0.15) is 0 Å². The van der Waals surface area contributed by atoms with Crippen molar-refractivity contribution in [2.75, 3.05) is 30.9 Å². The van der Waals surface area contributed by atoms with Crippen LogP contribution in [0.15, 0.2) is 29.6 Å². The lowest BCUT2D eigenvalue weighted by Gasteiger charge is -2.17. The van der Waals surface area contributed by atoms with Crippen LogP contribution in [0.2, 0.25) is 0 Å². The summed E-state index contributed by atoms with van der Waals surface area (Å²) in [4.78, 5) is 15.9.